The lowest BCUT2D eigenvalue weighted by Gasteiger charge is -2.37. The lowest BCUT2D eigenvalue weighted by Crippen LogP contribution is -2.47. The number of unbranched alkanes of at least 4 members (excludes halogenated alkanes) is 1. The summed E-state index contributed by atoms with van der Waals surface area (Å²) in [5, 5.41) is 3.45. The molecule has 130 valence electrons. The van der Waals surface area contributed by atoms with Crippen molar-refractivity contribution in [2.45, 2.75) is 32.7 Å². The van der Waals surface area contributed by atoms with Gasteiger partial charge in [0, 0.05) is 38.8 Å². The van der Waals surface area contributed by atoms with E-state index in [-0.39, 0.29) is 0 Å². The van der Waals surface area contributed by atoms with E-state index in [0.717, 1.165) is 45.0 Å². The van der Waals surface area contributed by atoms with Crippen LogP contribution in [0.15, 0.2) is 24.3 Å². The Hall–Kier alpha value is -1.10. The Morgan fingerprint density at radius 2 is 1.87 bits per heavy atom. The molecule has 1 atom stereocenters. The number of methoxy groups -OCH3 is 1. The standard InChI is InChI=1S/C19H33N3O/c1-4-6-13-22(5-2)19(16-21-14-11-20-12-15-21)17-7-9-18(23-3)10-8-17/h7-10,19-20H,4-6,11-16H2,1-3H3. The molecule has 2 rings (SSSR count). The van der Waals surface area contributed by atoms with Gasteiger partial charge in [0.15, 0.2) is 0 Å². The Kier molecular flexibility index (Phi) is 7.86. The van der Waals surface area contributed by atoms with Gasteiger partial charge >= 0.3 is 0 Å². The minimum absolute atomic E-state index is 0.468. The molecule has 1 aromatic carbocycles. The van der Waals surface area contributed by atoms with Crippen LogP contribution >= 0.6 is 0 Å². The number of piperazine rings is 1. The van der Waals surface area contributed by atoms with E-state index < -0.39 is 0 Å². The second-order valence-corrected chi connectivity index (χ2v) is 6.32. The molecule has 1 aliphatic rings. The quantitative estimate of drug-likeness (QED) is 0.757. The van der Waals surface area contributed by atoms with Crippen LogP contribution in [0.1, 0.15) is 38.3 Å². The molecule has 0 aromatic heterocycles. The van der Waals surface area contributed by atoms with E-state index in [1.807, 2.05) is 0 Å². The molecule has 4 heteroatoms. The van der Waals surface area contributed by atoms with Crippen LogP contribution in [0.3, 0.4) is 0 Å². The largest absolute Gasteiger partial charge is 0.497 e. The zero-order chi connectivity index (χ0) is 16.5. The predicted molar refractivity (Wildman–Crippen MR) is 97.2 cm³/mol. The van der Waals surface area contributed by atoms with Gasteiger partial charge in [-0.05, 0) is 37.2 Å². The molecule has 0 radical (unpaired) electrons. The highest BCUT2D eigenvalue weighted by Crippen LogP contribution is 2.25. The lowest BCUT2D eigenvalue weighted by molar-refractivity contribution is 0.132. The van der Waals surface area contributed by atoms with Gasteiger partial charge in [-0.3, -0.25) is 9.80 Å². The number of nitrogens with zero attached hydrogens (tertiary/aromatic N) is 2. The molecule has 1 unspecified atom stereocenters. The molecule has 1 saturated heterocycles. The van der Waals surface area contributed by atoms with Gasteiger partial charge in [-0.2, -0.15) is 0 Å². The maximum Gasteiger partial charge on any atom is 0.118 e. The van der Waals surface area contributed by atoms with Crippen LogP contribution in [0, 0.1) is 0 Å². The van der Waals surface area contributed by atoms with E-state index in [4.69, 9.17) is 4.74 Å². The number of rotatable bonds is 9. The predicted octanol–water partition coefficient (Wildman–Crippen LogP) is 2.76. The Balaban J connectivity index is 2.13. The fourth-order valence-corrected chi connectivity index (χ4v) is 3.29. The summed E-state index contributed by atoms with van der Waals surface area (Å²) in [6, 6.07) is 9.12. The van der Waals surface area contributed by atoms with E-state index in [0.29, 0.717) is 6.04 Å². The van der Waals surface area contributed by atoms with Gasteiger partial charge in [0.05, 0.1) is 7.11 Å². The SMILES string of the molecule is CCCCN(CC)C(CN1CCNCC1)c1ccc(OC)cc1. The van der Waals surface area contributed by atoms with Gasteiger partial charge in [-0.25, -0.2) is 0 Å². The molecule has 4 nitrogen and oxygen atoms in total. The second kappa shape index (κ2) is 9.91. The summed E-state index contributed by atoms with van der Waals surface area (Å²) >= 11 is 0. The molecule has 1 aromatic rings. The summed E-state index contributed by atoms with van der Waals surface area (Å²) in [5.41, 5.74) is 1.40. The molecule has 1 heterocycles. The monoisotopic (exact) mass is 319 g/mol. The van der Waals surface area contributed by atoms with Crippen LogP contribution in [0.2, 0.25) is 0 Å². The summed E-state index contributed by atoms with van der Waals surface area (Å²) in [6.07, 6.45) is 2.52. The van der Waals surface area contributed by atoms with Crippen LogP contribution in [-0.4, -0.2) is 62.7 Å². The number of nitrogens with one attached hydrogen (secondary N) is 1. The lowest BCUT2D eigenvalue weighted by atomic mass is 10.0. The highest BCUT2D eigenvalue weighted by Gasteiger charge is 2.22. The number of ether oxygens (including phenoxy) is 1. The van der Waals surface area contributed by atoms with Crippen molar-refractivity contribution in [1.82, 2.24) is 15.1 Å². The van der Waals surface area contributed by atoms with E-state index in [1.165, 1.54) is 24.9 Å². The molecule has 0 spiro atoms. The first kappa shape index (κ1) is 18.2. The van der Waals surface area contributed by atoms with Crippen LogP contribution in [0.5, 0.6) is 5.75 Å². The molecule has 0 amide bonds. The molecule has 0 saturated carbocycles. The fraction of sp³-hybridized carbons (Fsp3) is 0.684. The average molecular weight is 319 g/mol. The third kappa shape index (κ3) is 5.48. The van der Waals surface area contributed by atoms with E-state index >= 15 is 0 Å². The Morgan fingerprint density at radius 1 is 1.17 bits per heavy atom. The van der Waals surface area contributed by atoms with E-state index in [2.05, 4.69) is 53.2 Å². The fourth-order valence-electron chi connectivity index (χ4n) is 3.29. The number of hydrogen-bond donors (Lipinski definition) is 1. The van der Waals surface area contributed by atoms with Crippen molar-refractivity contribution < 1.29 is 4.74 Å². The third-order valence-corrected chi connectivity index (χ3v) is 4.79. The first-order valence-corrected chi connectivity index (χ1v) is 9.09. The Bertz CT molecular complexity index is 429. The van der Waals surface area contributed by atoms with Crippen molar-refractivity contribution in [3.05, 3.63) is 29.8 Å². The van der Waals surface area contributed by atoms with Crippen molar-refractivity contribution in [1.29, 1.82) is 0 Å². The minimum atomic E-state index is 0.468. The topological polar surface area (TPSA) is 27.7 Å². The van der Waals surface area contributed by atoms with Crippen molar-refractivity contribution >= 4 is 0 Å². The number of likely N-dealkylation sites (N-methyl/N-ethyl adjacent to an activating group) is 1. The van der Waals surface area contributed by atoms with Crippen molar-refractivity contribution in [3.8, 4) is 5.75 Å². The van der Waals surface area contributed by atoms with Crippen LogP contribution in [0.4, 0.5) is 0 Å². The number of hydrogen-bond acceptors (Lipinski definition) is 4. The maximum atomic E-state index is 5.32. The van der Waals surface area contributed by atoms with Gasteiger partial charge in [-0.1, -0.05) is 32.4 Å². The number of benzene rings is 1. The summed E-state index contributed by atoms with van der Waals surface area (Å²) < 4.78 is 5.32. The molecule has 1 fully saturated rings. The van der Waals surface area contributed by atoms with Crippen LogP contribution < -0.4 is 10.1 Å². The average Bonchev–Trinajstić information content (AvgIpc) is 2.62. The summed E-state index contributed by atoms with van der Waals surface area (Å²) in [4.78, 5) is 5.23. The van der Waals surface area contributed by atoms with Crippen LogP contribution in [0.25, 0.3) is 0 Å². The molecule has 1 N–H and O–H groups in total. The molecule has 1 aliphatic heterocycles. The van der Waals surface area contributed by atoms with Gasteiger partial charge < -0.3 is 10.1 Å². The highest BCUT2D eigenvalue weighted by atomic mass is 16.5. The van der Waals surface area contributed by atoms with Crippen molar-refractivity contribution in [2.24, 2.45) is 0 Å². The molecule has 0 bridgehead atoms. The van der Waals surface area contributed by atoms with Crippen LogP contribution in [-0.2, 0) is 0 Å². The van der Waals surface area contributed by atoms with Gasteiger partial charge in [0.2, 0.25) is 0 Å². The van der Waals surface area contributed by atoms with Crippen molar-refractivity contribution in [2.75, 3.05) is 52.9 Å². The Morgan fingerprint density at radius 3 is 2.43 bits per heavy atom. The maximum absolute atomic E-state index is 5.32. The Labute approximate surface area is 141 Å². The van der Waals surface area contributed by atoms with Gasteiger partial charge in [-0.15, -0.1) is 0 Å². The first-order chi connectivity index (χ1) is 11.3. The molecular weight excluding hydrogens is 286 g/mol. The van der Waals surface area contributed by atoms with Gasteiger partial charge in [0.25, 0.3) is 0 Å². The van der Waals surface area contributed by atoms with E-state index in [9.17, 15) is 0 Å². The summed E-state index contributed by atoms with van der Waals surface area (Å²) in [7, 11) is 1.73. The smallest absolute Gasteiger partial charge is 0.118 e. The summed E-state index contributed by atoms with van der Waals surface area (Å²) in [6.45, 7) is 12.5. The molecule has 23 heavy (non-hydrogen) atoms. The highest BCUT2D eigenvalue weighted by molar-refractivity contribution is 5.29. The van der Waals surface area contributed by atoms with Gasteiger partial charge in [0.1, 0.15) is 5.75 Å². The zero-order valence-corrected chi connectivity index (χ0v) is 15.1. The molecular formula is C19H33N3O. The van der Waals surface area contributed by atoms with E-state index in [1.54, 1.807) is 7.11 Å². The second-order valence-electron chi connectivity index (χ2n) is 6.32. The first-order valence-electron chi connectivity index (χ1n) is 9.09. The molecule has 0 aliphatic carbocycles. The normalized spacial score (nSPS) is 17.4. The third-order valence-electron chi connectivity index (χ3n) is 4.79. The zero-order valence-electron chi connectivity index (χ0n) is 15.1. The summed E-state index contributed by atoms with van der Waals surface area (Å²) in [5.74, 6) is 0.936. The van der Waals surface area contributed by atoms with Crippen molar-refractivity contribution in [3.63, 3.8) is 0 Å². The minimum Gasteiger partial charge on any atom is -0.497 e.